The van der Waals surface area contributed by atoms with E-state index >= 15 is 0 Å². The molecule has 3 rings (SSSR count). The highest BCUT2D eigenvalue weighted by Crippen LogP contribution is 2.32. The summed E-state index contributed by atoms with van der Waals surface area (Å²) in [5.74, 6) is 0.961. The van der Waals surface area contributed by atoms with E-state index in [1.165, 1.54) is 5.56 Å². The molecule has 0 atom stereocenters. The van der Waals surface area contributed by atoms with E-state index in [4.69, 9.17) is 5.73 Å². The van der Waals surface area contributed by atoms with Crippen molar-refractivity contribution in [1.82, 2.24) is 4.90 Å². The Morgan fingerprint density at radius 2 is 1.67 bits per heavy atom. The number of primary amides is 1. The molecule has 1 aromatic rings. The topological polar surface area (TPSA) is 63.4 Å². The number of benzene rings is 1. The highest BCUT2D eigenvalue weighted by molar-refractivity contribution is 5.92. The molecule has 4 heteroatoms. The van der Waals surface area contributed by atoms with Crippen molar-refractivity contribution in [2.75, 3.05) is 13.1 Å². The Morgan fingerprint density at radius 3 is 2.19 bits per heavy atom. The van der Waals surface area contributed by atoms with E-state index in [0.29, 0.717) is 23.3 Å². The molecule has 1 saturated heterocycles. The van der Waals surface area contributed by atoms with Crippen LogP contribution in [0.1, 0.15) is 41.6 Å². The minimum Gasteiger partial charge on any atom is -0.366 e. The summed E-state index contributed by atoms with van der Waals surface area (Å²) >= 11 is 0. The van der Waals surface area contributed by atoms with Gasteiger partial charge in [0.2, 0.25) is 11.8 Å². The molecule has 2 aliphatic rings. The smallest absolute Gasteiger partial charge is 0.248 e. The molecule has 112 valence electrons. The largest absolute Gasteiger partial charge is 0.366 e. The quantitative estimate of drug-likeness (QED) is 0.920. The van der Waals surface area contributed by atoms with E-state index in [9.17, 15) is 9.59 Å². The molecule has 1 aliphatic carbocycles. The Labute approximate surface area is 125 Å². The summed E-state index contributed by atoms with van der Waals surface area (Å²) in [5, 5.41) is 0. The molecular weight excluding hydrogens is 264 g/mol. The van der Waals surface area contributed by atoms with Gasteiger partial charge < -0.3 is 10.6 Å². The number of rotatable bonds is 4. The second kappa shape index (κ2) is 5.88. The number of carbonyl (C=O) groups is 2. The van der Waals surface area contributed by atoms with Gasteiger partial charge in [0.05, 0.1) is 0 Å². The Morgan fingerprint density at radius 1 is 1.05 bits per heavy atom. The molecule has 1 aliphatic heterocycles. The molecule has 21 heavy (non-hydrogen) atoms. The maximum absolute atomic E-state index is 12.0. The van der Waals surface area contributed by atoms with Crippen molar-refractivity contribution in [3.05, 3.63) is 35.4 Å². The number of piperidine rings is 1. The SMILES string of the molecule is NC(=O)c1ccc(CC2CCN(C(=O)C3CC3)CC2)cc1. The van der Waals surface area contributed by atoms with E-state index < -0.39 is 0 Å². The van der Waals surface area contributed by atoms with Crippen LogP contribution in [0, 0.1) is 11.8 Å². The third-order valence-electron chi connectivity index (χ3n) is 4.62. The summed E-state index contributed by atoms with van der Waals surface area (Å²) in [5.41, 5.74) is 7.05. The van der Waals surface area contributed by atoms with Gasteiger partial charge in [-0.3, -0.25) is 9.59 Å². The van der Waals surface area contributed by atoms with Crippen LogP contribution >= 0.6 is 0 Å². The Hall–Kier alpha value is -1.84. The van der Waals surface area contributed by atoms with Crippen molar-refractivity contribution >= 4 is 11.8 Å². The van der Waals surface area contributed by atoms with Crippen molar-refractivity contribution in [1.29, 1.82) is 0 Å². The maximum atomic E-state index is 12.0. The second-order valence-corrected chi connectivity index (χ2v) is 6.31. The van der Waals surface area contributed by atoms with Crippen molar-refractivity contribution in [2.45, 2.75) is 32.1 Å². The van der Waals surface area contributed by atoms with Gasteiger partial charge in [-0.2, -0.15) is 0 Å². The first-order valence-corrected chi connectivity index (χ1v) is 7.81. The number of nitrogens with zero attached hydrogens (tertiary/aromatic N) is 1. The fourth-order valence-corrected chi connectivity index (χ4v) is 3.08. The van der Waals surface area contributed by atoms with Crippen LogP contribution in [-0.2, 0) is 11.2 Å². The lowest BCUT2D eigenvalue weighted by Crippen LogP contribution is -2.39. The lowest BCUT2D eigenvalue weighted by molar-refractivity contribution is -0.133. The van der Waals surface area contributed by atoms with Crippen LogP contribution in [0.2, 0.25) is 0 Å². The number of likely N-dealkylation sites (tertiary alicyclic amines) is 1. The van der Waals surface area contributed by atoms with Crippen LogP contribution < -0.4 is 5.73 Å². The van der Waals surface area contributed by atoms with Crippen molar-refractivity contribution in [2.24, 2.45) is 17.6 Å². The minimum absolute atomic E-state index is 0.336. The highest BCUT2D eigenvalue weighted by atomic mass is 16.2. The first-order valence-electron chi connectivity index (χ1n) is 7.81. The normalized spacial score (nSPS) is 19.5. The van der Waals surface area contributed by atoms with Gasteiger partial charge in [-0.15, -0.1) is 0 Å². The Kier molecular flexibility index (Phi) is 3.95. The molecule has 2 fully saturated rings. The Balaban J connectivity index is 1.50. The number of nitrogens with two attached hydrogens (primary N) is 1. The average molecular weight is 286 g/mol. The monoisotopic (exact) mass is 286 g/mol. The predicted octanol–water partition coefficient (Wildman–Crippen LogP) is 1.98. The van der Waals surface area contributed by atoms with Gasteiger partial charge in [0.25, 0.3) is 0 Å². The number of carbonyl (C=O) groups excluding carboxylic acids is 2. The molecule has 1 saturated carbocycles. The van der Waals surface area contributed by atoms with Crippen LogP contribution in [-0.4, -0.2) is 29.8 Å². The number of amides is 2. The van der Waals surface area contributed by atoms with Gasteiger partial charge >= 0.3 is 0 Å². The van der Waals surface area contributed by atoms with Gasteiger partial charge in [0, 0.05) is 24.6 Å². The first kappa shape index (κ1) is 14.1. The van der Waals surface area contributed by atoms with Crippen LogP contribution in [0.25, 0.3) is 0 Å². The van der Waals surface area contributed by atoms with E-state index in [0.717, 1.165) is 45.2 Å². The van der Waals surface area contributed by atoms with Crippen LogP contribution in [0.4, 0.5) is 0 Å². The standard InChI is InChI=1S/C17H22N2O2/c18-16(20)14-3-1-12(2-4-14)11-13-7-9-19(10-8-13)17(21)15-5-6-15/h1-4,13,15H,5-11H2,(H2,18,20). The molecule has 1 aromatic carbocycles. The van der Waals surface area contributed by atoms with Gasteiger partial charge in [-0.05, 0) is 55.7 Å². The van der Waals surface area contributed by atoms with Crippen LogP contribution in [0.3, 0.4) is 0 Å². The highest BCUT2D eigenvalue weighted by Gasteiger charge is 2.34. The van der Waals surface area contributed by atoms with E-state index in [1.54, 1.807) is 12.1 Å². The summed E-state index contributed by atoms with van der Waals surface area (Å²) in [6.45, 7) is 1.80. The lowest BCUT2D eigenvalue weighted by Gasteiger charge is -2.32. The van der Waals surface area contributed by atoms with Gasteiger partial charge in [-0.1, -0.05) is 12.1 Å². The molecule has 0 spiro atoms. The van der Waals surface area contributed by atoms with E-state index in [-0.39, 0.29) is 5.91 Å². The van der Waals surface area contributed by atoms with Crippen molar-refractivity contribution in [3.8, 4) is 0 Å². The van der Waals surface area contributed by atoms with Crippen molar-refractivity contribution < 1.29 is 9.59 Å². The molecule has 0 unspecified atom stereocenters. The van der Waals surface area contributed by atoms with E-state index in [1.807, 2.05) is 17.0 Å². The fourth-order valence-electron chi connectivity index (χ4n) is 3.08. The number of hydrogen-bond acceptors (Lipinski definition) is 2. The maximum Gasteiger partial charge on any atom is 0.248 e. The zero-order chi connectivity index (χ0) is 14.8. The van der Waals surface area contributed by atoms with Gasteiger partial charge in [0.15, 0.2) is 0 Å². The summed E-state index contributed by atoms with van der Waals surface area (Å²) in [4.78, 5) is 25.1. The van der Waals surface area contributed by atoms with Gasteiger partial charge in [0.1, 0.15) is 0 Å². The van der Waals surface area contributed by atoms with Crippen LogP contribution in [0.15, 0.2) is 24.3 Å². The molecule has 1 heterocycles. The second-order valence-electron chi connectivity index (χ2n) is 6.31. The average Bonchev–Trinajstić information content (AvgIpc) is 3.32. The molecule has 0 radical (unpaired) electrons. The zero-order valence-electron chi connectivity index (χ0n) is 12.3. The lowest BCUT2D eigenvalue weighted by atomic mass is 9.89. The summed E-state index contributed by atoms with van der Waals surface area (Å²) < 4.78 is 0. The number of hydrogen-bond donors (Lipinski definition) is 1. The third-order valence-corrected chi connectivity index (χ3v) is 4.62. The fraction of sp³-hybridized carbons (Fsp3) is 0.529. The Bertz CT molecular complexity index is 526. The van der Waals surface area contributed by atoms with Crippen LogP contribution in [0.5, 0.6) is 0 Å². The summed E-state index contributed by atoms with van der Waals surface area (Å²) in [6, 6.07) is 7.57. The molecule has 2 N–H and O–H groups in total. The predicted molar refractivity (Wildman–Crippen MR) is 80.7 cm³/mol. The summed E-state index contributed by atoms with van der Waals surface area (Å²) in [6.07, 6.45) is 5.35. The zero-order valence-corrected chi connectivity index (χ0v) is 12.3. The summed E-state index contributed by atoms with van der Waals surface area (Å²) in [7, 11) is 0. The molecule has 4 nitrogen and oxygen atoms in total. The van der Waals surface area contributed by atoms with Crippen molar-refractivity contribution in [3.63, 3.8) is 0 Å². The van der Waals surface area contributed by atoms with E-state index in [2.05, 4.69) is 0 Å². The molecule has 0 bridgehead atoms. The molecule has 0 aromatic heterocycles. The minimum atomic E-state index is -0.381. The molecule has 2 amide bonds. The van der Waals surface area contributed by atoms with Gasteiger partial charge in [-0.25, -0.2) is 0 Å². The first-order chi connectivity index (χ1) is 10.1. The molecular formula is C17H22N2O2. The third kappa shape index (κ3) is 3.43.